The van der Waals surface area contributed by atoms with E-state index in [-0.39, 0.29) is 44.7 Å². The fraction of sp³-hybridized carbons (Fsp3) is 0.111. The second kappa shape index (κ2) is 18.3. The maximum Gasteiger partial charge on any atom is 4.00 e. The fourth-order valence-electron chi connectivity index (χ4n) is 3.80. The topological polar surface area (TPSA) is 117 Å². The number of hydrogen-bond acceptors (Lipinski definition) is 6. The van der Waals surface area contributed by atoms with E-state index >= 15 is 0 Å². The normalized spacial score (nSPS) is 10.4. The Bertz CT molecular complexity index is 1620. The molecule has 0 radical (unpaired) electrons. The Kier molecular flexibility index (Phi) is 15.3. The number of halogens is 2. The number of aryl methyl sites for hydroxylation is 4. The summed E-state index contributed by atoms with van der Waals surface area (Å²) in [4.78, 5) is 8.77. The molecule has 0 heterocycles. The third kappa shape index (κ3) is 11.6. The van der Waals surface area contributed by atoms with Gasteiger partial charge in [-0.25, -0.2) is 0 Å². The van der Waals surface area contributed by atoms with Gasteiger partial charge in [0.05, 0.1) is 11.4 Å². The standard InChI is InChI=1S/C20H14Br2N2O2.2C8H10O.Ti/c21-15-5-7-19(25)13(9-15)11-23-17-3-1-2-4-18(17)24-12-14-10-16(22)6-8-20(14)26;2*1-6-4-3-5-7(2)8(6)9;/h1-12,25-26H;2*3-5,9H,1-2H3;/q;;;+4/p-4. The van der Waals surface area contributed by atoms with Gasteiger partial charge < -0.3 is 20.4 Å². The molecule has 0 aliphatic rings. The zero-order valence-corrected chi connectivity index (χ0v) is 29.9. The van der Waals surface area contributed by atoms with Crippen LogP contribution in [0.15, 0.2) is 116 Å². The Balaban J connectivity index is 0.000000303. The van der Waals surface area contributed by atoms with Crippen molar-refractivity contribution in [2.75, 3.05) is 0 Å². The van der Waals surface area contributed by atoms with Crippen LogP contribution >= 0.6 is 31.9 Å². The van der Waals surface area contributed by atoms with Gasteiger partial charge in [0.1, 0.15) is 0 Å². The Morgan fingerprint density at radius 1 is 0.489 bits per heavy atom. The molecule has 5 rings (SSSR count). The van der Waals surface area contributed by atoms with Gasteiger partial charge in [-0.1, -0.05) is 126 Å². The van der Waals surface area contributed by atoms with Crippen LogP contribution in [-0.2, 0) is 21.7 Å². The Hall–Kier alpha value is -3.69. The minimum atomic E-state index is -0.108. The smallest absolute Gasteiger partial charge is 0.872 e. The van der Waals surface area contributed by atoms with Crippen molar-refractivity contribution in [1.29, 1.82) is 0 Å². The van der Waals surface area contributed by atoms with Crippen LogP contribution in [0.1, 0.15) is 33.4 Å². The molecule has 0 saturated heterocycles. The summed E-state index contributed by atoms with van der Waals surface area (Å²) < 4.78 is 1.62. The molecule has 5 aromatic carbocycles. The number of hydrogen-bond donors (Lipinski definition) is 0. The molecule has 0 unspecified atom stereocenters. The largest absolute Gasteiger partial charge is 4.00 e. The first-order valence-corrected chi connectivity index (χ1v) is 15.1. The van der Waals surface area contributed by atoms with Crippen LogP contribution in [0.2, 0.25) is 0 Å². The molecule has 45 heavy (non-hydrogen) atoms. The summed E-state index contributed by atoms with van der Waals surface area (Å²) in [5, 5.41) is 45.7. The maximum absolute atomic E-state index is 11.9. The maximum atomic E-state index is 11.9. The average Bonchev–Trinajstić information content (AvgIpc) is 3.00. The molecule has 6 nitrogen and oxygen atoms in total. The molecule has 0 bridgehead atoms. The second-order valence-corrected chi connectivity index (χ2v) is 11.6. The van der Waals surface area contributed by atoms with E-state index in [0.29, 0.717) is 22.5 Å². The van der Waals surface area contributed by atoms with Crippen LogP contribution in [0.5, 0.6) is 23.0 Å². The minimum absolute atomic E-state index is 0. The molecule has 0 saturated carbocycles. The van der Waals surface area contributed by atoms with E-state index < -0.39 is 0 Å². The predicted octanol–water partition coefficient (Wildman–Crippen LogP) is 7.61. The van der Waals surface area contributed by atoms with Gasteiger partial charge in [-0.05, 0) is 75.2 Å². The summed E-state index contributed by atoms with van der Waals surface area (Å²) in [6, 6.07) is 28.1. The molecule has 0 aliphatic carbocycles. The third-order valence-electron chi connectivity index (χ3n) is 6.33. The van der Waals surface area contributed by atoms with Crippen LogP contribution < -0.4 is 20.4 Å². The summed E-state index contributed by atoms with van der Waals surface area (Å²) in [7, 11) is 0. The molecular formula is C36H30Br2N2O4Ti. The van der Waals surface area contributed by atoms with Gasteiger partial charge in [0.25, 0.3) is 0 Å². The zero-order chi connectivity index (χ0) is 32.2. The molecule has 0 aliphatic heterocycles. The number of aliphatic imine (C=N–C) groups is 2. The van der Waals surface area contributed by atoms with Crippen LogP contribution in [-0.4, -0.2) is 12.4 Å². The van der Waals surface area contributed by atoms with Crippen molar-refractivity contribution >= 4 is 55.7 Å². The summed E-state index contributed by atoms with van der Waals surface area (Å²) in [6.07, 6.45) is 3.03. The first kappa shape index (κ1) is 37.5. The van der Waals surface area contributed by atoms with Crippen LogP contribution in [0.3, 0.4) is 0 Å². The summed E-state index contributed by atoms with van der Waals surface area (Å²) in [5.41, 5.74) is 5.48. The van der Waals surface area contributed by atoms with Crippen molar-refractivity contribution in [2.45, 2.75) is 27.7 Å². The van der Waals surface area contributed by atoms with Crippen molar-refractivity contribution in [1.82, 2.24) is 0 Å². The van der Waals surface area contributed by atoms with E-state index in [1.165, 1.54) is 24.6 Å². The molecule has 0 N–H and O–H groups in total. The van der Waals surface area contributed by atoms with Gasteiger partial charge in [-0.3, -0.25) is 9.98 Å². The summed E-state index contributed by atoms with van der Waals surface area (Å²) in [6.45, 7) is 7.31. The Morgan fingerprint density at radius 2 is 0.822 bits per heavy atom. The van der Waals surface area contributed by atoms with Crippen molar-refractivity contribution in [2.24, 2.45) is 9.98 Å². The monoisotopic (exact) mass is 760 g/mol. The van der Waals surface area contributed by atoms with E-state index in [1.807, 2.05) is 76.2 Å². The molecule has 226 valence electrons. The van der Waals surface area contributed by atoms with Gasteiger partial charge >= 0.3 is 21.7 Å². The first-order valence-electron chi connectivity index (χ1n) is 13.5. The van der Waals surface area contributed by atoms with E-state index in [4.69, 9.17) is 0 Å². The Labute approximate surface area is 296 Å². The van der Waals surface area contributed by atoms with Gasteiger partial charge in [-0.2, -0.15) is 0 Å². The van der Waals surface area contributed by atoms with Crippen LogP contribution in [0, 0.1) is 27.7 Å². The van der Waals surface area contributed by atoms with Gasteiger partial charge in [0.15, 0.2) is 0 Å². The molecule has 0 spiro atoms. The Morgan fingerprint density at radius 3 is 1.13 bits per heavy atom. The minimum Gasteiger partial charge on any atom is -0.872 e. The van der Waals surface area contributed by atoms with Crippen molar-refractivity contribution < 1.29 is 42.1 Å². The number of rotatable bonds is 4. The van der Waals surface area contributed by atoms with Gasteiger partial charge in [-0.15, -0.1) is 11.5 Å². The van der Waals surface area contributed by atoms with Crippen molar-refractivity contribution in [3.8, 4) is 23.0 Å². The van der Waals surface area contributed by atoms with Crippen LogP contribution in [0.25, 0.3) is 0 Å². The first-order chi connectivity index (χ1) is 21.0. The molecule has 0 aromatic heterocycles. The second-order valence-electron chi connectivity index (χ2n) is 9.81. The molecule has 0 amide bonds. The molecule has 0 fully saturated rings. The van der Waals surface area contributed by atoms with E-state index in [1.54, 1.807) is 36.4 Å². The van der Waals surface area contributed by atoms with Crippen molar-refractivity contribution in [3.05, 3.63) is 139 Å². The van der Waals surface area contributed by atoms with Crippen LogP contribution in [0.4, 0.5) is 11.4 Å². The molecule has 9 heteroatoms. The molecule has 0 atom stereocenters. The number of para-hydroxylation sites is 4. The summed E-state index contributed by atoms with van der Waals surface area (Å²) in [5.74, 6) is 0.112. The number of nitrogens with zero attached hydrogens (tertiary/aromatic N) is 2. The predicted molar refractivity (Wildman–Crippen MR) is 179 cm³/mol. The van der Waals surface area contributed by atoms with E-state index in [2.05, 4.69) is 41.8 Å². The average molecular weight is 762 g/mol. The van der Waals surface area contributed by atoms with Crippen molar-refractivity contribution in [3.63, 3.8) is 0 Å². The zero-order valence-electron chi connectivity index (χ0n) is 25.2. The number of benzene rings is 5. The van der Waals surface area contributed by atoms with E-state index in [9.17, 15) is 20.4 Å². The summed E-state index contributed by atoms with van der Waals surface area (Å²) >= 11 is 6.69. The van der Waals surface area contributed by atoms with E-state index in [0.717, 1.165) is 31.2 Å². The fourth-order valence-corrected chi connectivity index (χ4v) is 4.56. The SMILES string of the molecule is Cc1cccc(C)c1[O-].Cc1cccc(C)c1[O-].[O-]c1ccc(Br)cc1C=Nc1ccccc1N=Cc1cc(Br)ccc1[O-].[Ti+4]. The quantitative estimate of drug-likeness (QED) is 0.138. The molecular weight excluding hydrogens is 732 g/mol. The van der Waals surface area contributed by atoms with Gasteiger partial charge in [0, 0.05) is 21.4 Å². The molecule has 5 aromatic rings. The van der Waals surface area contributed by atoms with Gasteiger partial charge in [0.2, 0.25) is 0 Å². The third-order valence-corrected chi connectivity index (χ3v) is 7.31.